The van der Waals surface area contributed by atoms with Crippen LogP contribution in [0.1, 0.15) is 36.9 Å². The minimum Gasteiger partial charge on any atom is -0.497 e. The maximum atomic E-state index is 14.7. The number of carbonyl (C=O) groups is 2. The highest BCUT2D eigenvalue weighted by Gasteiger charge is 2.41. The Morgan fingerprint density at radius 3 is 2.32 bits per heavy atom. The molecule has 2 N–H and O–H groups in total. The number of hydrogen-bond donors (Lipinski definition) is 2. The van der Waals surface area contributed by atoms with E-state index in [9.17, 15) is 19.7 Å². The molecule has 57 heavy (non-hydrogen) atoms. The maximum absolute atomic E-state index is 14.7. The lowest BCUT2D eigenvalue weighted by Gasteiger charge is -2.43. The number of anilines is 4. The molecular weight excluding hydrogens is 779 g/mol. The Bertz CT molecular complexity index is 2140. The Hall–Kier alpha value is -5.65. The zero-order valence-electron chi connectivity index (χ0n) is 32.5. The van der Waals surface area contributed by atoms with Crippen molar-refractivity contribution in [1.29, 1.82) is 0 Å². The number of rotatable bonds is 14. The van der Waals surface area contributed by atoms with Crippen LogP contribution >= 0.6 is 23.2 Å². The first-order chi connectivity index (χ1) is 27.2. The van der Waals surface area contributed by atoms with Crippen LogP contribution in [0.3, 0.4) is 0 Å². The van der Waals surface area contributed by atoms with E-state index in [1.165, 1.54) is 31.5 Å². The Morgan fingerprint density at radius 2 is 1.70 bits per heavy atom. The molecule has 2 aromatic carbocycles. The number of nitro groups is 1. The fourth-order valence-electron chi connectivity index (χ4n) is 7.07. The normalized spacial score (nSPS) is 17.0. The summed E-state index contributed by atoms with van der Waals surface area (Å²) in [6.07, 6.45) is 8.70. The third-order valence-corrected chi connectivity index (χ3v) is 10.8. The lowest BCUT2D eigenvalue weighted by Crippen LogP contribution is -2.54. The Kier molecular flexibility index (Phi) is 12.4. The molecule has 3 heterocycles. The van der Waals surface area contributed by atoms with Gasteiger partial charge >= 0.3 is 11.8 Å². The van der Waals surface area contributed by atoms with Gasteiger partial charge in [-0.25, -0.2) is 9.78 Å². The van der Waals surface area contributed by atoms with Gasteiger partial charge in [0.05, 0.1) is 54.2 Å². The number of amides is 3. The SMILES string of the molecule is COc1ccc(Nc2ncc3c(n2)N(C2CCC(NC(=O)/C=C/C[N+](C)(C)Cc4c([N+](=O)[O-])ncn4C)CC2)C(=O)N(c2c(Cl)c(OC)cc(OC)c2Cl)C3)cc1. The van der Waals surface area contributed by atoms with Crippen LogP contribution in [-0.4, -0.2) is 94.9 Å². The molecule has 1 aliphatic heterocycles. The molecular formula is C38H45Cl2N10O7+. The van der Waals surface area contributed by atoms with E-state index in [1.54, 1.807) is 42.0 Å². The number of nitrogens with zero attached hydrogens (tertiary/aromatic N) is 8. The van der Waals surface area contributed by atoms with Crippen LogP contribution in [0.2, 0.25) is 10.0 Å². The summed E-state index contributed by atoms with van der Waals surface area (Å²) >= 11 is 13.6. The molecule has 302 valence electrons. The monoisotopic (exact) mass is 823 g/mol. The van der Waals surface area contributed by atoms with Gasteiger partial charge in [-0.15, -0.1) is 0 Å². The highest BCUT2D eigenvalue weighted by molar-refractivity contribution is 6.42. The minimum absolute atomic E-state index is 0.0788. The number of methoxy groups -OCH3 is 3. The molecule has 0 saturated heterocycles. The van der Waals surface area contributed by atoms with Crippen molar-refractivity contribution < 1.29 is 33.2 Å². The number of aryl methyl sites for hydroxylation is 1. The van der Waals surface area contributed by atoms with Gasteiger partial charge in [-0.1, -0.05) is 23.2 Å². The number of nitrogens with one attached hydrogen (secondary N) is 2. The molecule has 19 heteroatoms. The smallest absolute Gasteiger partial charge is 0.390 e. The van der Waals surface area contributed by atoms with E-state index < -0.39 is 4.92 Å². The summed E-state index contributed by atoms with van der Waals surface area (Å²) in [6, 6.07) is 8.08. The van der Waals surface area contributed by atoms with Gasteiger partial charge in [0.25, 0.3) is 0 Å². The number of halogens is 2. The first kappa shape index (κ1) is 41.0. The Balaban J connectivity index is 1.19. The van der Waals surface area contributed by atoms with Crippen molar-refractivity contribution in [3.8, 4) is 17.2 Å². The molecule has 1 fully saturated rings. The molecule has 4 aromatic rings. The summed E-state index contributed by atoms with van der Waals surface area (Å²) in [5, 5.41) is 18.1. The van der Waals surface area contributed by atoms with E-state index in [-0.39, 0.29) is 52.1 Å². The quantitative estimate of drug-likeness (QED) is 0.0622. The van der Waals surface area contributed by atoms with Crippen molar-refractivity contribution >= 4 is 64.1 Å². The van der Waals surface area contributed by atoms with Gasteiger partial charge in [-0.2, -0.15) is 4.98 Å². The molecule has 1 saturated carbocycles. The van der Waals surface area contributed by atoms with Gasteiger partial charge in [0.1, 0.15) is 39.7 Å². The Morgan fingerprint density at radius 1 is 1.04 bits per heavy atom. The van der Waals surface area contributed by atoms with Crippen LogP contribution in [0.5, 0.6) is 17.2 Å². The summed E-state index contributed by atoms with van der Waals surface area (Å²) in [5.74, 6) is 1.63. The number of likely N-dealkylation sites (N-methyl/N-ethyl adjacent to an activating group) is 1. The fourth-order valence-corrected chi connectivity index (χ4v) is 7.78. The molecule has 6 rings (SSSR count). The van der Waals surface area contributed by atoms with Gasteiger partial charge in [0.2, 0.25) is 18.2 Å². The standard InChI is InChI=1S/C38H44Cl2N10O7/c1-46-22-42-36(49(53)54)28(46)21-50(2,3)17-7-8-31(51)43-24-9-13-26(14-10-24)48-35-23(19-41-37(45-35)44-25-11-15-27(55-4)16-12-25)20-47(38(48)52)34-32(39)29(56-5)18-30(57-6)33(34)40/h7-8,11-12,15-16,18-19,22,24,26H,9-10,13-14,17,20-21H2,1-6H3,(H-,41,43,44,45,51)/p+1/b8-7+. The summed E-state index contributed by atoms with van der Waals surface area (Å²) < 4.78 is 18.3. The van der Waals surface area contributed by atoms with Gasteiger partial charge < -0.3 is 44.0 Å². The minimum atomic E-state index is -0.487. The molecule has 0 atom stereocenters. The molecule has 0 unspecified atom stereocenters. The first-order valence-corrected chi connectivity index (χ1v) is 18.9. The largest absolute Gasteiger partial charge is 0.497 e. The molecule has 2 aliphatic rings. The van der Waals surface area contributed by atoms with Crippen molar-refractivity contribution in [2.75, 3.05) is 57.1 Å². The van der Waals surface area contributed by atoms with Crippen molar-refractivity contribution in [3.05, 3.63) is 86.4 Å². The van der Waals surface area contributed by atoms with E-state index in [2.05, 4.69) is 20.6 Å². The zero-order chi connectivity index (χ0) is 41.0. The van der Waals surface area contributed by atoms with E-state index in [1.807, 2.05) is 38.4 Å². The topological polar surface area (TPSA) is 179 Å². The lowest BCUT2D eigenvalue weighted by molar-refractivity contribution is -0.898. The number of hydrogen-bond acceptors (Lipinski definition) is 11. The second kappa shape index (κ2) is 17.2. The summed E-state index contributed by atoms with van der Waals surface area (Å²) in [7, 11) is 10.1. The predicted molar refractivity (Wildman–Crippen MR) is 216 cm³/mol. The number of urea groups is 1. The van der Waals surface area contributed by atoms with Crippen LogP contribution < -0.4 is 34.6 Å². The van der Waals surface area contributed by atoms with Crippen LogP contribution in [0.25, 0.3) is 0 Å². The predicted octanol–water partition coefficient (Wildman–Crippen LogP) is 6.40. The van der Waals surface area contributed by atoms with E-state index >= 15 is 0 Å². The number of quaternary nitrogens is 1. The molecule has 1 aliphatic carbocycles. The number of fused-ring (bicyclic) bond motifs is 1. The third-order valence-electron chi connectivity index (χ3n) is 10.1. The summed E-state index contributed by atoms with van der Waals surface area (Å²) in [4.78, 5) is 55.2. The molecule has 2 aromatic heterocycles. The van der Waals surface area contributed by atoms with Crippen molar-refractivity contribution in [2.45, 2.75) is 50.9 Å². The summed E-state index contributed by atoms with van der Waals surface area (Å²) in [5.41, 5.74) is 2.15. The van der Waals surface area contributed by atoms with Gasteiger partial charge in [0.15, 0.2) is 5.69 Å². The van der Waals surface area contributed by atoms with Crippen LogP contribution in [0.15, 0.2) is 55.0 Å². The van der Waals surface area contributed by atoms with Crippen molar-refractivity contribution in [2.24, 2.45) is 7.05 Å². The molecule has 0 bridgehead atoms. The van der Waals surface area contributed by atoms with E-state index in [4.69, 9.17) is 42.4 Å². The first-order valence-electron chi connectivity index (χ1n) is 18.1. The van der Waals surface area contributed by atoms with Gasteiger partial charge in [-0.3, -0.25) is 14.6 Å². The number of benzene rings is 2. The zero-order valence-corrected chi connectivity index (χ0v) is 34.0. The lowest BCUT2D eigenvalue weighted by atomic mass is 9.89. The van der Waals surface area contributed by atoms with Crippen molar-refractivity contribution in [1.82, 2.24) is 24.8 Å². The number of carbonyl (C=O) groups excluding carboxylic acids is 2. The van der Waals surface area contributed by atoms with Gasteiger partial charge in [-0.05, 0) is 65.9 Å². The number of ether oxygens (including phenoxy) is 3. The van der Waals surface area contributed by atoms with Crippen LogP contribution in [-0.2, 0) is 24.9 Å². The molecule has 0 radical (unpaired) electrons. The second-order valence-corrected chi connectivity index (χ2v) is 15.2. The van der Waals surface area contributed by atoms with E-state index in [0.717, 1.165) is 5.69 Å². The highest BCUT2D eigenvalue weighted by atomic mass is 35.5. The van der Waals surface area contributed by atoms with E-state index in [0.29, 0.717) is 83.5 Å². The third kappa shape index (κ3) is 9.00. The van der Waals surface area contributed by atoms with Gasteiger partial charge in [0, 0.05) is 48.7 Å². The number of aromatic nitrogens is 4. The van der Waals surface area contributed by atoms with Crippen molar-refractivity contribution in [3.63, 3.8) is 0 Å². The maximum Gasteiger partial charge on any atom is 0.390 e. The molecule has 0 spiro atoms. The average molecular weight is 825 g/mol. The summed E-state index contributed by atoms with van der Waals surface area (Å²) in [6.45, 7) is 0.890. The highest BCUT2D eigenvalue weighted by Crippen LogP contribution is 2.48. The van der Waals surface area contributed by atoms with Crippen LogP contribution in [0.4, 0.5) is 33.8 Å². The van der Waals surface area contributed by atoms with Crippen LogP contribution in [0, 0.1) is 10.1 Å². The average Bonchev–Trinajstić information content (AvgIpc) is 3.54. The molecule has 3 amide bonds. The number of imidazole rings is 1. The molecule has 17 nitrogen and oxygen atoms in total. The second-order valence-electron chi connectivity index (χ2n) is 14.5. The fraction of sp³-hybridized carbons (Fsp3) is 0.395. The Labute approximate surface area is 339 Å².